The predicted molar refractivity (Wildman–Crippen MR) is 138 cm³/mol. The fourth-order valence-electron chi connectivity index (χ4n) is 10.5. The van der Waals surface area contributed by atoms with Crippen molar-refractivity contribution in [3.05, 3.63) is 35.6 Å². The summed E-state index contributed by atoms with van der Waals surface area (Å²) in [7, 11) is 0. The van der Waals surface area contributed by atoms with Crippen LogP contribution in [-0.4, -0.2) is 26.8 Å². The Hall–Kier alpha value is -1.49. The number of hydrogen-bond donors (Lipinski definition) is 1. The first kappa shape index (κ1) is 21.8. The zero-order valence-electron chi connectivity index (χ0n) is 20.4. The highest BCUT2D eigenvalue weighted by Crippen LogP contribution is 2.64. The van der Waals surface area contributed by atoms with Gasteiger partial charge in [0.2, 0.25) is 0 Å². The molecule has 8 bridgehead atoms. The Morgan fingerprint density at radius 2 is 1.18 bits per heavy atom. The second-order valence-electron chi connectivity index (χ2n) is 13.2. The molecule has 0 atom stereocenters. The van der Waals surface area contributed by atoms with Crippen molar-refractivity contribution in [2.45, 2.75) is 95.1 Å². The molecule has 0 aromatic heterocycles. The first-order valence-electron chi connectivity index (χ1n) is 13.8. The van der Waals surface area contributed by atoms with E-state index in [1.54, 1.807) is 12.1 Å². The van der Waals surface area contributed by atoms with E-state index in [9.17, 15) is 4.39 Å². The Bertz CT molecular complexity index is 900. The van der Waals surface area contributed by atoms with Crippen molar-refractivity contribution in [1.82, 2.24) is 10.3 Å². The first-order valence-corrected chi connectivity index (χ1v) is 14.2. The third kappa shape index (κ3) is 3.47. The average Bonchev–Trinajstić information content (AvgIpc) is 2.76. The highest BCUT2D eigenvalue weighted by Gasteiger charge is 2.62. The molecule has 1 aromatic carbocycles. The zero-order chi connectivity index (χ0) is 23.1. The lowest BCUT2D eigenvalue weighted by Gasteiger charge is -2.69. The normalized spacial score (nSPS) is 43.9. The predicted octanol–water partition coefficient (Wildman–Crippen LogP) is 6.66. The highest BCUT2D eigenvalue weighted by molar-refractivity contribution is 7.80. The summed E-state index contributed by atoms with van der Waals surface area (Å²) < 4.78 is 13.4. The molecule has 34 heavy (non-hydrogen) atoms. The largest absolute Gasteiger partial charge is 0.336 e. The number of nitrogens with zero attached hydrogens (tertiary/aromatic N) is 2. The molecule has 0 saturated heterocycles. The molecule has 1 aromatic rings. The maximum absolute atomic E-state index is 13.4. The van der Waals surface area contributed by atoms with Crippen LogP contribution in [0.3, 0.4) is 0 Å². The van der Waals surface area contributed by atoms with Gasteiger partial charge < -0.3 is 4.90 Å². The van der Waals surface area contributed by atoms with Crippen LogP contribution in [0.2, 0.25) is 0 Å². The molecule has 8 aliphatic carbocycles. The van der Waals surface area contributed by atoms with Gasteiger partial charge in [0.15, 0.2) is 5.11 Å². The number of hydrazone groups is 1. The molecule has 1 N–H and O–H groups in total. The number of rotatable bonds is 4. The standard InChI is InChI=1S/C29H38FN3S/c1-18(25-2-4-26(30)5-3-25)31-32-27(34)33(28-12-19-6-20(13-28)8-21(7-19)14-28)29-15-22-9-23(16-29)11-24(10-22)17-29/h2-5,19-24H,6-17H2,1H3,(H,32,34)/b31-18+. The lowest BCUT2D eigenvalue weighted by Crippen LogP contribution is -2.72. The summed E-state index contributed by atoms with van der Waals surface area (Å²) in [4.78, 5) is 2.83. The maximum Gasteiger partial charge on any atom is 0.190 e. The van der Waals surface area contributed by atoms with E-state index in [0.29, 0.717) is 0 Å². The third-order valence-corrected chi connectivity index (χ3v) is 11.0. The summed E-state index contributed by atoms with van der Waals surface area (Å²) in [6.07, 6.45) is 16.7. The number of nitrogens with one attached hydrogen (secondary N) is 1. The molecule has 0 heterocycles. The fraction of sp³-hybridized carbons (Fsp3) is 0.724. The van der Waals surface area contributed by atoms with Crippen molar-refractivity contribution in [3.63, 3.8) is 0 Å². The molecule has 9 rings (SSSR count). The number of thiocarbonyl (C=S) groups is 1. The van der Waals surface area contributed by atoms with E-state index >= 15 is 0 Å². The topological polar surface area (TPSA) is 27.6 Å². The molecular weight excluding hydrogens is 441 g/mol. The zero-order valence-corrected chi connectivity index (χ0v) is 21.3. The molecule has 182 valence electrons. The molecule has 3 nitrogen and oxygen atoms in total. The fourth-order valence-corrected chi connectivity index (χ4v) is 11.0. The van der Waals surface area contributed by atoms with Crippen molar-refractivity contribution in [1.29, 1.82) is 0 Å². The number of halogens is 1. The van der Waals surface area contributed by atoms with E-state index in [0.717, 1.165) is 51.9 Å². The van der Waals surface area contributed by atoms with Gasteiger partial charge in [-0.1, -0.05) is 12.1 Å². The lowest BCUT2D eigenvalue weighted by atomic mass is 9.48. The molecule has 8 aliphatic rings. The molecule has 8 fully saturated rings. The molecule has 0 spiro atoms. The van der Waals surface area contributed by atoms with Crippen LogP contribution >= 0.6 is 12.2 Å². The van der Waals surface area contributed by atoms with Crippen molar-refractivity contribution in [2.75, 3.05) is 0 Å². The lowest BCUT2D eigenvalue weighted by molar-refractivity contribution is -0.146. The van der Waals surface area contributed by atoms with Gasteiger partial charge in [0.25, 0.3) is 0 Å². The van der Waals surface area contributed by atoms with Crippen LogP contribution < -0.4 is 5.43 Å². The minimum absolute atomic E-state index is 0.213. The Kier molecular flexibility index (Phi) is 4.96. The Morgan fingerprint density at radius 1 is 0.794 bits per heavy atom. The summed E-state index contributed by atoms with van der Waals surface area (Å²) in [6, 6.07) is 6.61. The highest BCUT2D eigenvalue weighted by atomic mass is 32.1. The Morgan fingerprint density at radius 3 is 1.56 bits per heavy atom. The molecule has 0 radical (unpaired) electrons. The van der Waals surface area contributed by atoms with Crippen LogP contribution in [0.5, 0.6) is 0 Å². The number of hydrogen-bond acceptors (Lipinski definition) is 2. The van der Waals surface area contributed by atoms with Gasteiger partial charge in [-0.05, 0) is 149 Å². The monoisotopic (exact) mass is 479 g/mol. The van der Waals surface area contributed by atoms with Crippen LogP contribution in [-0.2, 0) is 0 Å². The van der Waals surface area contributed by atoms with Crippen LogP contribution in [0.25, 0.3) is 0 Å². The van der Waals surface area contributed by atoms with Gasteiger partial charge in [-0.3, -0.25) is 5.43 Å². The SMILES string of the molecule is C/C(=N\NC(=S)N(C12CC3CC(CC(C3)C1)C2)C12CC3CC(CC(C3)C1)C2)c1ccc(F)cc1. The summed E-state index contributed by atoms with van der Waals surface area (Å²) in [5, 5.41) is 5.63. The van der Waals surface area contributed by atoms with E-state index in [1.807, 2.05) is 6.92 Å². The molecule has 8 saturated carbocycles. The summed E-state index contributed by atoms with van der Waals surface area (Å²) in [5.41, 5.74) is 5.67. The van der Waals surface area contributed by atoms with Gasteiger partial charge in [-0.2, -0.15) is 5.10 Å². The Labute approximate surface area is 208 Å². The van der Waals surface area contributed by atoms with Crippen molar-refractivity contribution < 1.29 is 4.39 Å². The minimum atomic E-state index is -0.213. The van der Waals surface area contributed by atoms with Crippen molar-refractivity contribution >= 4 is 23.0 Å². The quantitative estimate of drug-likeness (QED) is 0.297. The molecule has 0 amide bonds. The second-order valence-corrected chi connectivity index (χ2v) is 13.6. The molecule has 0 unspecified atom stereocenters. The van der Waals surface area contributed by atoms with Crippen LogP contribution in [0, 0.1) is 41.3 Å². The van der Waals surface area contributed by atoms with Crippen LogP contribution in [0.4, 0.5) is 4.39 Å². The van der Waals surface area contributed by atoms with Crippen LogP contribution in [0.15, 0.2) is 29.4 Å². The summed E-state index contributed by atoms with van der Waals surface area (Å²) in [6.45, 7) is 1.99. The van der Waals surface area contributed by atoms with Gasteiger partial charge in [-0.25, -0.2) is 4.39 Å². The second kappa shape index (κ2) is 7.75. The molecular formula is C29H38FN3S. The maximum atomic E-state index is 13.4. The van der Waals surface area contributed by atoms with E-state index in [1.165, 1.54) is 89.2 Å². The van der Waals surface area contributed by atoms with Crippen molar-refractivity contribution in [2.24, 2.45) is 40.6 Å². The van der Waals surface area contributed by atoms with Gasteiger partial charge in [0.05, 0.1) is 5.71 Å². The van der Waals surface area contributed by atoms with Gasteiger partial charge in [-0.15, -0.1) is 0 Å². The van der Waals surface area contributed by atoms with Crippen molar-refractivity contribution in [3.8, 4) is 0 Å². The Balaban J connectivity index is 1.23. The summed E-state index contributed by atoms with van der Waals surface area (Å²) in [5.74, 6) is 5.18. The third-order valence-electron chi connectivity index (χ3n) is 10.7. The minimum Gasteiger partial charge on any atom is -0.336 e. The first-order chi connectivity index (χ1) is 16.4. The molecule has 0 aliphatic heterocycles. The van der Waals surface area contributed by atoms with E-state index in [2.05, 4.69) is 10.3 Å². The molecule has 5 heteroatoms. The van der Waals surface area contributed by atoms with Crippen LogP contribution in [0.1, 0.15) is 89.5 Å². The summed E-state index contributed by atoms with van der Waals surface area (Å²) >= 11 is 6.28. The average molecular weight is 480 g/mol. The van der Waals surface area contributed by atoms with E-state index < -0.39 is 0 Å². The van der Waals surface area contributed by atoms with Gasteiger partial charge in [0.1, 0.15) is 5.82 Å². The van der Waals surface area contributed by atoms with E-state index in [4.69, 9.17) is 17.3 Å². The van der Waals surface area contributed by atoms with Gasteiger partial charge in [0, 0.05) is 11.1 Å². The van der Waals surface area contributed by atoms with Gasteiger partial charge >= 0.3 is 0 Å². The van der Waals surface area contributed by atoms with E-state index in [-0.39, 0.29) is 16.9 Å². The smallest absolute Gasteiger partial charge is 0.190 e. The number of benzene rings is 1.